The van der Waals surface area contributed by atoms with E-state index in [-0.39, 0.29) is 0 Å². The average molecular weight is 360 g/mol. The smallest absolute Gasteiger partial charge is 0.134 e. The summed E-state index contributed by atoms with van der Waals surface area (Å²) in [6.07, 6.45) is 0. The molecule has 2 aromatic carbocycles. The van der Waals surface area contributed by atoms with E-state index >= 15 is 0 Å². The molecule has 0 aromatic heterocycles. The van der Waals surface area contributed by atoms with Crippen LogP contribution < -0.4 is 10.5 Å². The number of hydrogen-bond acceptors (Lipinski definition) is 2. The fourth-order valence-corrected chi connectivity index (χ4v) is 2.46. The van der Waals surface area contributed by atoms with E-state index in [0.29, 0.717) is 23.4 Å². The molecule has 0 saturated heterocycles. The fourth-order valence-electron chi connectivity index (χ4n) is 2.10. The van der Waals surface area contributed by atoms with Crippen molar-refractivity contribution >= 4 is 15.9 Å². The van der Waals surface area contributed by atoms with Gasteiger partial charge in [-0.25, -0.2) is 13.2 Å². The van der Waals surface area contributed by atoms with Crippen molar-refractivity contribution in [2.75, 3.05) is 7.11 Å². The molecule has 0 amide bonds. The summed E-state index contributed by atoms with van der Waals surface area (Å²) < 4.78 is 46.6. The first-order valence-electron chi connectivity index (χ1n) is 6.09. The van der Waals surface area contributed by atoms with E-state index in [1.165, 1.54) is 7.11 Å². The molecule has 0 aliphatic carbocycles. The Morgan fingerprint density at radius 3 is 2.19 bits per heavy atom. The highest BCUT2D eigenvalue weighted by molar-refractivity contribution is 9.10. The van der Waals surface area contributed by atoms with E-state index in [9.17, 15) is 13.2 Å². The van der Waals surface area contributed by atoms with E-state index in [2.05, 4.69) is 15.9 Å². The monoisotopic (exact) mass is 359 g/mol. The Hall–Kier alpha value is -1.53. The van der Waals surface area contributed by atoms with Gasteiger partial charge in [-0.15, -0.1) is 0 Å². The van der Waals surface area contributed by atoms with Crippen LogP contribution in [0.15, 0.2) is 28.7 Å². The number of aryl methyl sites for hydroxylation is 1. The predicted molar refractivity (Wildman–Crippen MR) is 77.8 cm³/mol. The summed E-state index contributed by atoms with van der Waals surface area (Å²) in [7, 11) is 1.44. The summed E-state index contributed by atoms with van der Waals surface area (Å²) in [6.45, 7) is 1.85. The summed E-state index contributed by atoms with van der Waals surface area (Å²) >= 11 is 3.34. The van der Waals surface area contributed by atoms with E-state index in [1.54, 1.807) is 12.1 Å². The standard InChI is InChI=1S/C15H13BrF3NO/c1-7-3-13(21-2)9(6-10(7)16)15(20)14-11(18)4-8(17)5-12(14)19/h3-6,15H,20H2,1-2H3. The van der Waals surface area contributed by atoms with Crippen molar-refractivity contribution in [3.8, 4) is 5.75 Å². The maximum Gasteiger partial charge on any atom is 0.134 e. The van der Waals surface area contributed by atoms with Crippen LogP contribution in [-0.4, -0.2) is 7.11 Å². The molecule has 2 N–H and O–H groups in total. The molecule has 0 aliphatic rings. The number of rotatable bonds is 3. The quantitative estimate of drug-likeness (QED) is 0.889. The molecule has 2 aromatic rings. The number of methoxy groups -OCH3 is 1. The maximum absolute atomic E-state index is 13.9. The van der Waals surface area contributed by atoms with Gasteiger partial charge in [-0.1, -0.05) is 15.9 Å². The summed E-state index contributed by atoms with van der Waals surface area (Å²) in [4.78, 5) is 0. The molecule has 2 rings (SSSR count). The molecule has 6 heteroatoms. The van der Waals surface area contributed by atoms with Crippen LogP contribution >= 0.6 is 15.9 Å². The molecule has 0 heterocycles. The number of benzene rings is 2. The number of ether oxygens (including phenoxy) is 1. The normalized spacial score (nSPS) is 12.3. The summed E-state index contributed by atoms with van der Waals surface area (Å²) in [5, 5.41) is 0. The van der Waals surface area contributed by atoms with Gasteiger partial charge in [-0.3, -0.25) is 0 Å². The van der Waals surface area contributed by atoms with E-state index < -0.39 is 29.1 Å². The highest BCUT2D eigenvalue weighted by Gasteiger charge is 2.23. The van der Waals surface area contributed by atoms with Gasteiger partial charge in [0.15, 0.2) is 0 Å². The Kier molecular flexibility index (Phi) is 4.58. The van der Waals surface area contributed by atoms with Gasteiger partial charge >= 0.3 is 0 Å². The minimum atomic E-state index is -1.11. The van der Waals surface area contributed by atoms with Crippen LogP contribution in [0.3, 0.4) is 0 Å². The third kappa shape index (κ3) is 3.06. The molecule has 2 nitrogen and oxygen atoms in total. The number of nitrogens with two attached hydrogens (primary N) is 1. The lowest BCUT2D eigenvalue weighted by Crippen LogP contribution is -2.17. The lowest BCUT2D eigenvalue weighted by molar-refractivity contribution is 0.406. The van der Waals surface area contributed by atoms with Gasteiger partial charge < -0.3 is 10.5 Å². The topological polar surface area (TPSA) is 35.2 Å². The van der Waals surface area contributed by atoms with Gasteiger partial charge in [-0.05, 0) is 24.6 Å². The van der Waals surface area contributed by atoms with Crippen molar-refractivity contribution in [3.05, 3.63) is 62.9 Å². The minimum absolute atomic E-state index is 0.398. The number of halogens is 4. The minimum Gasteiger partial charge on any atom is -0.496 e. The SMILES string of the molecule is COc1cc(C)c(Br)cc1C(N)c1c(F)cc(F)cc1F. The Balaban J connectivity index is 2.60. The Morgan fingerprint density at radius 1 is 1.10 bits per heavy atom. The molecule has 1 unspecified atom stereocenters. The maximum atomic E-state index is 13.9. The predicted octanol–water partition coefficient (Wildman–Crippen LogP) is 4.23. The van der Waals surface area contributed by atoms with Crippen LogP contribution in [0.2, 0.25) is 0 Å². The third-order valence-corrected chi connectivity index (χ3v) is 4.06. The second kappa shape index (κ2) is 6.07. The molecular weight excluding hydrogens is 347 g/mol. The van der Waals surface area contributed by atoms with Gasteiger partial charge in [0, 0.05) is 27.7 Å². The lowest BCUT2D eigenvalue weighted by Gasteiger charge is -2.18. The van der Waals surface area contributed by atoms with Gasteiger partial charge in [0.2, 0.25) is 0 Å². The van der Waals surface area contributed by atoms with Gasteiger partial charge in [0.05, 0.1) is 13.2 Å². The lowest BCUT2D eigenvalue weighted by atomic mass is 9.96. The fraction of sp³-hybridized carbons (Fsp3) is 0.200. The Bertz CT molecular complexity index is 668. The highest BCUT2D eigenvalue weighted by Crippen LogP contribution is 2.35. The second-order valence-corrected chi connectivity index (χ2v) is 5.46. The van der Waals surface area contributed by atoms with E-state index in [0.717, 1.165) is 10.0 Å². The van der Waals surface area contributed by atoms with Crippen LogP contribution in [0.25, 0.3) is 0 Å². The number of hydrogen-bond donors (Lipinski definition) is 1. The third-order valence-electron chi connectivity index (χ3n) is 3.20. The molecule has 0 bridgehead atoms. The van der Waals surface area contributed by atoms with Crippen LogP contribution in [0.1, 0.15) is 22.7 Å². The van der Waals surface area contributed by atoms with Crippen molar-refractivity contribution in [2.24, 2.45) is 5.73 Å². The molecule has 1 atom stereocenters. The van der Waals surface area contributed by atoms with Crippen LogP contribution in [0.4, 0.5) is 13.2 Å². The van der Waals surface area contributed by atoms with E-state index in [1.807, 2.05) is 6.92 Å². The zero-order chi connectivity index (χ0) is 15.7. The van der Waals surface area contributed by atoms with Crippen molar-refractivity contribution in [1.82, 2.24) is 0 Å². The van der Waals surface area contributed by atoms with Crippen molar-refractivity contribution < 1.29 is 17.9 Å². The highest BCUT2D eigenvalue weighted by atomic mass is 79.9. The van der Waals surface area contributed by atoms with Crippen LogP contribution in [0, 0.1) is 24.4 Å². The van der Waals surface area contributed by atoms with Gasteiger partial charge in [0.25, 0.3) is 0 Å². The Morgan fingerprint density at radius 2 is 1.67 bits per heavy atom. The molecule has 21 heavy (non-hydrogen) atoms. The second-order valence-electron chi connectivity index (χ2n) is 4.60. The van der Waals surface area contributed by atoms with Crippen molar-refractivity contribution in [2.45, 2.75) is 13.0 Å². The summed E-state index contributed by atoms with van der Waals surface area (Å²) in [5.74, 6) is -2.64. The van der Waals surface area contributed by atoms with Crippen molar-refractivity contribution in [3.63, 3.8) is 0 Å². The van der Waals surface area contributed by atoms with Crippen LogP contribution in [-0.2, 0) is 0 Å². The average Bonchev–Trinajstić information content (AvgIpc) is 2.39. The zero-order valence-corrected chi connectivity index (χ0v) is 13.0. The molecule has 0 fully saturated rings. The Labute approximate surface area is 128 Å². The zero-order valence-electron chi connectivity index (χ0n) is 11.4. The van der Waals surface area contributed by atoms with Gasteiger partial charge in [0.1, 0.15) is 23.2 Å². The summed E-state index contributed by atoms with van der Waals surface area (Å²) in [5.41, 5.74) is 6.86. The first-order chi connectivity index (χ1) is 9.85. The first-order valence-corrected chi connectivity index (χ1v) is 6.88. The van der Waals surface area contributed by atoms with Gasteiger partial charge in [-0.2, -0.15) is 0 Å². The van der Waals surface area contributed by atoms with Crippen LogP contribution in [0.5, 0.6) is 5.75 Å². The molecule has 0 spiro atoms. The van der Waals surface area contributed by atoms with Crippen molar-refractivity contribution in [1.29, 1.82) is 0 Å². The molecule has 0 aliphatic heterocycles. The molecule has 0 saturated carbocycles. The van der Waals surface area contributed by atoms with E-state index in [4.69, 9.17) is 10.5 Å². The molecule has 112 valence electrons. The molecule has 0 radical (unpaired) electrons. The first kappa shape index (κ1) is 15.9. The summed E-state index contributed by atoms with van der Waals surface area (Å²) in [6, 6.07) is 3.44. The largest absolute Gasteiger partial charge is 0.496 e. The molecular formula is C15H13BrF3NO.